The van der Waals surface area contributed by atoms with E-state index in [1.165, 1.54) is 10.5 Å². The number of morpholine rings is 1. The first kappa shape index (κ1) is 18.0. The van der Waals surface area contributed by atoms with Crippen LogP contribution in [0, 0.1) is 6.92 Å². The molecule has 2 aromatic rings. The number of aromatic nitrogens is 1. The van der Waals surface area contributed by atoms with Gasteiger partial charge in [-0.15, -0.1) is 11.3 Å². The number of nitrogens with zero attached hydrogens (tertiary/aromatic N) is 1. The maximum absolute atomic E-state index is 12.2. The highest BCUT2D eigenvalue weighted by molar-refractivity contribution is 7.09. The van der Waals surface area contributed by atoms with Crippen LogP contribution in [0.3, 0.4) is 0 Å². The summed E-state index contributed by atoms with van der Waals surface area (Å²) in [5.41, 5.74) is 3.07. The predicted octanol–water partition coefficient (Wildman–Crippen LogP) is 1.82. The number of hydrogen-bond donors (Lipinski definition) is 2. The van der Waals surface area contributed by atoms with Gasteiger partial charge in [0.2, 0.25) is 5.91 Å². The minimum absolute atomic E-state index is 0.0225. The highest BCUT2D eigenvalue weighted by atomic mass is 32.1. The molecule has 2 atom stereocenters. The number of rotatable bonds is 5. The topological polar surface area (TPSA) is 55.7 Å². The zero-order chi connectivity index (χ0) is 17.8. The normalized spacial score (nSPS) is 23.4. The van der Waals surface area contributed by atoms with Crippen molar-refractivity contribution in [2.45, 2.75) is 45.9 Å². The van der Waals surface area contributed by atoms with Crippen LogP contribution in [0.5, 0.6) is 0 Å². The molecule has 1 fully saturated rings. The van der Waals surface area contributed by atoms with Gasteiger partial charge >= 0.3 is 0 Å². The van der Waals surface area contributed by atoms with Gasteiger partial charge < -0.3 is 15.0 Å². The first-order valence-corrected chi connectivity index (χ1v) is 9.64. The van der Waals surface area contributed by atoms with Crippen molar-refractivity contribution in [1.29, 1.82) is 0 Å². The summed E-state index contributed by atoms with van der Waals surface area (Å²) in [4.78, 5) is 18.3. The Morgan fingerprint density at radius 3 is 2.64 bits per heavy atom. The van der Waals surface area contributed by atoms with E-state index in [2.05, 4.69) is 29.5 Å². The molecule has 2 N–H and O–H groups in total. The van der Waals surface area contributed by atoms with E-state index in [0.717, 1.165) is 36.0 Å². The van der Waals surface area contributed by atoms with E-state index < -0.39 is 0 Å². The van der Waals surface area contributed by atoms with E-state index in [0.29, 0.717) is 6.42 Å². The average Bonchev–Trinajstić information content (AvgIpc) is 2.95. The van der Waals surface area contributed by atoms with Crippen molar-refractivity contribution in [1.82, 2.24) is 4.98 Å². The number of nitrogens with one attached hydrogen (secondary N) is 2. The van der Waals surface area contributed by atoms with Crippen LogP contribution in [0.25, 0.3) is 0 Å². The fraction of sp³-hybridized carbons (Fsp3) is 0.474. The highest BCUT2D eigenvalue weighted by Gasteiger charge is 2.26. The molecule has 1 aromatic carbocycles. The summed E-state index contributed by atoms with van der Waals surface area (Å²) in [5, 5.41) is 5.87. The Hall–Kier alpha value is -1.76. The van der Waals surface area contributed by atoms with Crippen LogP contribution in [-0.4, -0.2) is 36.2 Å². The standard InChI is InChI=1S/C19H25N3O2S/c1-13-4-6-16(7-5-13)20-18(23)8-19-21-17(12-25-19)11-22-9-14(2)24-15(3)10-22/h4-7,12,14-15H,8-11H2,1-3H3,(H,20,23)/p+1/t14-,15-/m1/s1. The number of amides is 1. The van der Waals surface area contributed by atoms with E-state index >= 15 is 0 Å². The highest BCUT2D eigenvalue weighted by Crippen LogP contribution is 2.13. The lowest BCUT2D eigenvalue weighted by molar-refractivity contribution is -0.928. The van der Waals surface area contributed by atoms with Crippen LogP contribution in [0.2, 0.25) is 0 Å². The van der Waals surface area contributed by atoms with Crippen molar-refractivity contribution < 1.29 is 14.4 Å². The number of aryl methyl sites for hydroxylation is 1. The van der Waals surface area contributed by atoms with E-state index in [-0.39, 0.29) is 18.1 Å². The second-order valence-corrected chi connectivity index (χ2v) is 7.86. The fourth-order valence-electron chi connectivity index (χ4n) is 3.28. The third-order valence-electron chi connectivity index (χ3n) is 4.29. The number of hydrogen-bond acceptors (Lipinski definition) is 4. The van der Waals surface area contributed by atoms with Gasteiger partial charge in [-0.05, 0) is 32.9 Å². The Kier molecular flexibility index (Phi) is 5.83. The molecule has 0 bridgehead atoms. The molecule has 0 spiro atoms. The van der Waals surface area contributed by atoms with Gasteiger partial charge in [-0.2, -0.15) is 0 Å². The van der Waals surface area contributed by atoms with E-state index in [1.807, 2.05) is 31.2 Å². The zero-order valence-corrected chi connectivity index (χ0v) is 15.9. The van der Waals surface area contributed by atoms with Crippen molar-refractivity contribution in [3.8, 4) is 0 Å². The van der Waals surface area contributed by atoms with Crippen molar-refractivity contribution >= 4 is 22.9 Å². The summed E-state index contributed by atoms with van der Waals surface area (Å²) >= 11 is 1.56. The van der Waals surface area contributed by atoms with E-state index in [4.69, 9.17) is 4.74 Å². The molecule has 1 aliphatic heterocycles. The molecular weight excluding hydrogens is 334 g/mol. The Balaban J connectivity index is 1.52. The van der Waals surface area contributed by atoms with Gasteiger partial charge in [-0.25, -0.2) is 4.98 Å². The molecule has 1 aromatic heterocycles. The molecule has 0 unspecified atom stereocenters. The van der Waals surface area contributed by atoms with Gasteiger partial charge in [0.15, 0.2) is 0 Å². The molecule has 1 saturated heterocycles. The number of benzene rings is 1. The average molecular weight is 361 g/mol. The van der Waals surface area contributed by atoms with Gasteiger partial charge in [-0.1, -0.05) is 17.7 Å². The smallest absolute Gasteiger partial charge is 0.231 e. The predicted molar refractivity (Wildman–Crippen MR) is 100 cm³/mol. The summed E-state index contributed by atoms with van der Waals surface area (Å²) in [6, 6.07) is 7.82. The lowest BCUT2D eigenvalue weighted by Crippen LogP contribution is -3.14. The second kappa shape index (κ2) is 8.08. The monoisotopic (exact) mass is 360 g/mol. The molecule has 5 nitrogen and oxygen atoms in total. The van der Waals surface area contributed by atoms with Crippen LogP contribution < -0.4 is 10.2 Å². The number of anilines is 1. The molecule has 134 valence electrons. The molecule has 0 radical (unpaired) electrons. The first-order chi connectivity index (χ1) is 12.0. The third kappa shape index (κ3) is 5.36. The summed E-state index contributed by atoms with van der Waals surface area (Å²) in [6.07, 6.45) is 0.901. The van der Waals surface area contributed by atoms with E-state index in [1.54, 1.807) is 11.3 Å². The van der Waals surface area contributed by atoms with E-state index in [9.17, 15) is 4.79 Å². The summed E-state index contributed by atoms with van der Waals surface area (Å²) < 4.78 is 5.78. The van der Waals surface area contributed by atoms with Crippen molar-refractivity contribution in [2.75, 3.05) is 18.4 Å². The molecule has 1 amide bonds. The number of thiazole rings is 1. The molecule has 0 aliphatic carbocycles. The van der Waals surface area contributed by atoms with Crippen LogP contribution in [0.15, 0.2) is 29.6 Å². The fourth-order valence-corrected chi connectivity index (χ4v) is 4.07. The number of ether oxygens (including phenoxy) is 1. The lowest BCUT2D eigenvalue weighted by atomic mass is 10.2. The van der Waals surface area contributed by atoms with Crippen LogP contribution >= 0.6 is 11.3 Å². The van der Waals surface area contributed by atoms with Gasteiger partial charge in [-0.3, -0.25) is 4.79 Å². The van der Waals surface area contributed by atoms with Crippen molar-refractivity contribution in [2.24, 2.45) is 0 Å². The molecule has 1 aliphatic rings. The molecule has 3 rings (SSSR count). The van der Waals surface area contributed by atoms with Gasteiger partial charge in [0, 0.05) is 11.1 Å². The molecular formula is C19H26N3O2S+. The largest absolute Gasteiger partial charge is 0.364 e. The SMILES string of the molecule is Cc1ccc(NC(=O)Cc2nc(C[NH+]3C[C@@H](C)O[C@H](C)C3)cs2)cc1. The van der Waals surface area contributed by atoms with Crippen LogP contribution in [-0.2, 0) is 22.5 Å². The van der Waals surface area contributed by atoms with Gasteiger partial charge in [0.1, 0.15) is 42.5 Å². The van der Waals surface area contributed by atoms with Gasteiger partial charge in [0.25, 0.3) is 0 Å². The number of carbonyl (C=O) groups is 1. The summed E-state index contributed by atoms with van der Waals surface area (Å²) in [7, 11) is 0. The van der Waals surface area contributed by atoms with Gasteiger partial charge in [0.05, 0.1) is 6.42 Å². The minimum Gasteiger partial charge on any atom is -0.364 e. The summed E-state index contributed by atoms with van der Waals surface area (Å²) in [6.45, 7) is 9.18. The lowest BCUT2D eigenvalue weighted by Gasteiger charge is -2.31. The Bertz CT molecular complexity index is 704. The van der Waals surface area contributed by atoms with Crippen molar-refractivity contribution in [3.05, 3.63) is 45.9 Å². The van der Waals surface area contributed by atoms with Crippen molar-refractivity contribution in [3.63, 3.8) is 0 Å². The third-order valence-corrected chi connectivity index (χ3v) is 5.19. The minimum atomic E-state index is -0.0225. The number of quaternary nitrogens is 1. The molecule has 0 saturated carbocycles. The molecule has 2 heterocycles. The number of carbonyl (C=O) groups excluding carboxylic acids is 1. The first-order valence-electron chi connectivity index (χ1n) is 8.77. The zero-order valence-electron chi connectivity index (χ0n) is 15.0. The van der Waals surface area contributed by atoms with Crippen LogP contribution in [0.1, 0.15) is 30.1 Å². The van der Waals surface area contributed by atoms with Crippen LogP contribution in [0.4, 0.5) is 5.69 Å². The Morgan fingerprint density at radius 2 is 1.96 bits per heavy atom. The second-order valence-electron chi connectivity index (χ2n) is 6.92. The Labute approximate surface area is 153 Å². The quantitative estimate of drug-likeness (QED) is 0.855. The Morgan fingerprint density at radius 1 is 1.28 bits per heavy atom. The molecule has 25 heavy (non-hydrogen) atoms. The summed E-state index contributed by atoms with van der Waals surface area (Å²) in [5.74, 6) is -0.0225. The molecule has 6 heteroatoms. The maximum Gasteiger partial charge on any atom is 0.231 e. The maximum atomic E-state index is 12.2.